The van der Waals surface area contributed by atoms with Crippen LogP contribution < -0.4 is 5.32 Å². The van der Waals surface area contributed by atoms with Gasteiger partial charge in [0.1, 0.15) is 13.2 Å². The molecule has 0 bridgehead atoms. The van der Waals surface area contributed by atoms with E-state index < -0.39 is 13.9 Å². The second-order valence-corrected chi connectivity index (χ2v) is 12.4. The second-order valence-electron chi connectivity index (χ2n) is 10.9. The Morgan fingerprint density at radius 3 is 1.83 bits per heavy atom. The first-order chi connectivity index (χ1) is 17.1. The van der Waals surface area contributed by atoms with Gasteiger partial charge in [-0.3, -0.25) is 13.8 Å². The predicted molar refractivity (Wildman–Crippen MR) is 148 cm³/mol. The fraction of sp³-hybridized carbons (Fsp3) is 0.963. The number of nitrogens with zero attached hydrogens (tertiary/aromatic N) is 1. The Kier molecular flexibility index (Phi) is 22.2. The zero-order valence-corrected chi connectivity index (χ0v) is 25.0. The van der Waals surface area contributed by atoms with Crippen LogP contribution in [0.5, 0.6) is 0 Å². The zero-order valence-electron chi connectivity index (χ0n) is 24.1. The van der Waals surface area contributed by atoms with E-state index in [0.717, 1.165) is 19.3 Å². The molecule has 0 spiro atoms. The highest BCUT2D eigenvalue weighted by atomic mass is 31.2. The number of carbonyl (C=O) groups is 1. The van der Waals surface area contributed by atoms with Gasteiger partial charge >= 0.3 is 7.82 Å². The lowest BCUT2D eigenvalue weighted by atomic mass is 10.0. The van der Waals surface area contributed by atoms with Crippen LogP contribution in [0.15, 0.2) is 0 Å². The molecule has 2 atom stereocenters. The molecule has 0 saturated heterocycles. The number of nitrogens with one attached hydrogen (secondary N) is 1. The van der Waals surface area contributed by atoms with Crippen LogP contribution in [0.3, 0.4) is 0 Å². The molecule has 36 heavy (non-hydrogen) atoms. The molecular weight excluding hydrogens is 479 g/mol. The van der Waals surface area contributed by atoms with Gasteiger partial charge in [-0.25, -0.2) is 4.57 Å². The molecule has 1 amide bonds. The Hall–Kier alpha value is -0.500. The molecule has 0 rings (SSSR count). The van der Waals surface area contributed by atoms with Gasteiger partial charge in [-0.15, -0.1) is 0 Å². The highest BCUT2D eigenvalue weighted by Gasteiger charge is 2.25. The van der Waals surface area contributed by atoms with E-state index in [4.69, 9.17) is 13.8 Å². The normalized spacial score (nSPS) is 14.5. The maximum atomic E-state index is 12.2. The zero-order chi connectivity index (χ0) is 27.1. The van der Waals surface area contributed by atoms with E-state index in [1.807, 2.05) is 28.1 Å². The van der Waals surface area contributed by atoms with Crippen LogP contribution in [-0.4, -0.2) is 75.4 Å². The number of rotatable bonds is 26. The first-order valence-corrected chi connectivity index (χ1v) is 15.9. The summed E-state index contributed by atoms with van der Waals surface area (Å²) in [6, 6.07) is 0. The molecule has 0 aliphatic rings. The average molecular weight is 538 g/mol. The van der Waals surface area contributed by atoms with E-state index in [-0.39, 0.29) is 25.7 Å². The van der Waals surface area contributed by atoms with Crippen molar-refractivity contribution in [1.29, 1.82) is 0 Å². The first kappa shape index (κ1) is 35.5. The third-order valence-corrected chi connectivity index (χ3v) is 7.02. The topological polar surface area (TPSA) is 94.1 Å². The van der Waals surface area contributed by atoms with E-state index in [9.17, 15) is 14.3 Å². The number of phosphoric acid groups is 1. The highest BCUT2D eigenvalue weighted by molar-refractivity contribution is 7.47. The summed E-state index contributed by atoms with van der Waals surface area (Å²) in [4.78, 5) is 22.1. The number of unbranched alkanes of at least 4 members (excludes halogenated alkanes) is 12. The van der Waals surface area contributed by atoms with Crippen molar-refractivity contribution < 1.29 is 32.5 Å². The molecule has 0 fully saturated rings. The molecular formula is C27H58N2O6P+. The van der Waals surface area contributed by atoms with Crippen molar-refractivity contribution in [3.05, 3.63) is 0 Å². The number of phosphoric ester groups is 1. The van der Waals surface area contributed by atoms with Crippen LogP contribution in [-0.2, 0) is 23.1 Å². The molecule has 9 heteroatoms. The average Bonchev–Trinajstić information content (AvgIpc) is 2.80. The summed E-state index contributed by atoms with van der Waals surface area (Å²) >= 11 is 0. The van der Waals surface area contributed by atoms with Gasteiger partial charge < -0.3 is 19.4 Å². The molecule has 2 N–H and O–H groups in total. The van der Waals surface area contributed by atoms with E-state index in [0.29, 0.717) is 24.1 Å². The lowest BCUT2D eigenvalue weighted by Crippen LogP contribution is -2.37. The predicted octanol–water partition coefficient (Wildman–Crippen LogP) is 6.22. The van der Waals surface area contributed by atoms with Crippen molar-refractivity contribution in [3.8, 4) is 0 Å². The van der Waals surface area contributed by atoms with Gasteiger partial charge in [-0.2, -0.15) is 0 Å². The van der Waals surface area contributed by atoms with Crippen LogP contribution in [0.1, 0.15) is 110 Å². The molecule has 0 aromatic heterocycles. The van der Waals surface area contributed by atoms with E-state index >= 15 is 0 Å². The minimum absolute atomic E-state index is 0.0189. The maximum absolute atomic E-state index is 12.2. The van der Waals surface area contributed by atoms with Crippen molar-refractivity contribution in [2.24, 2.45) is 0 Å². The molecule has 0 aliphatic heterocycles. The molecule has 0 aromatic rings. The van der Waals surface area contributed by atoms with E-state index in [1.165, 1.54) is 70.6 Å². The van der Waals surface area contributed by atoms with Gasteiger partial charge in [-0.1, -0.05) is 90.9 Å². The quantitative estimate of drug-likeness (QED) is 0.0773. The van der Waals surface area contributed by atoms with Crippen molar-refractivity contribution >= 4 is 13.7 Å². The van der Waals surface area contributed by atoms with Gasteiger partial charge in [0.25, 0.3) is 0 Å². The van der Waals surface area contributed by atoms with Gasteiger partial charge in [0, 0.05) is 19.6 Å². The van der Waals surface area contributed by atoms with Crippen molar-refractivity contribution in [2.45, 2.75) is 116 Å². The van der Waals surface area contributed by atoms with Crippen LogP contribution in [0, 0.1) is 0 Å². The lowest BCUT2D eigenvalue weighted by molar-refractivity contribution is -0.870. The Morgan fingerprint density at radius 1 is 0.806 bits per heavy atom. The van der Waals surface area contributed by atoms with Crippen molar-refractivity contribution in [2.75, 3.05) is 54.1 Å². The van der Waals surface area contributed by atoms with Crippen LogP contribution in [0.4, 0.5) is 0 Å². The molecule has 216 valence electrons. The molecule has 8 nitrogen and oxygen atoms in total. The fourth-order valence-electron chi connectivity index (χ4n) is 3.71. The highest BCUT2D eigenvalue weighted by Crippen LogP contribution is 2.43. The monoisotopic (exact) mass is 537 g/mol. The standard InChI is InChI=1S/C27H57N2O6P/c1-6-8-9-10-11-12-13-14-15-16-17-18-19-20-27(30)28-24-26(33-22-7-2)25-35-36(31,32)34-23-21-29(3,4)5/h26H,6-25H2,1-5H3,(H-,28,30,31,32)/p+1. The van der Waals surface area contributed by atoms with Gasteiger partial charge in [-0.05, 0) is 12.8 Å². The Bertz CT molecular complexity index is 571. The Labute approximate surface area is 222 Å². The van der Waals surface area contributed by atoms with Crippen molar-refractivity contribution in [3.63, 3.8) is 0 Å². The summed E-state index contributed by atoms with van der Waals surface area (Å²) in [5, 5.41) is 2.88. The molecule has 0 radical (unpaired) electrons. The summed E-state index contributed by atoms with van der Waals surface area (Å²) in [6.45, 7) is 5.56. The fourth-order valence-corrected chi connectivity index (χ4v) is 4.46. The number of quaternary nitrogens is 1. The van der Waals surface area contributed by atoms with Gasteiger partial charge in [0.05, 0.1) is 33.9 Å². The largest absolute Gasteiger partial charge is 0.472 e. The number of likely N-dealkylation sites (N-methyl/N-ethyl adjacent to an activating group) is 1. The molecule has 0 aliphatic carbocycles. The minimum atomic E-state index is -4.16. The number of hydrogen-bond acceptors (Lipinski definition) is 5. The van der Waals surface area contributed by atoms with Gasteiger partial charge in [0.15, 0.2) is 0 Å². The summed E-state index contributed by atoms with van der Waals surface area (Å²) in [7, 11) is 1.76. The lowest BCUT2D eigenvalue weighted by Gasteiger charge is -2.24. The van der Waals surface area contributed by atoms with Crippen LogP contribution in [0.2, 0.25) is 0 Å². The number of carbonyl (C=O) groups excluding carboxylic acids is 1. The second kappa shape index (κ2) is 22.5. The van der Waals surface area contributed by atoms with E-state index in [2.05, 4.69) is 12.2 Å². The third kappa shape index (κ3) is 25.2. The summed E-state index contributed by atoms with van der Waals surface area (Å²) in [5.74, 6) is -0.0189. The SMILES string of the molecule is CCCCCCCCCCCCCCCC(=O)NCC(COP(=O)(O)OCC[N+](C)(C)C)OCCC. The number of hydrogen-bond donors (Lipinski definition) is 2. The Morgan fingerprint density at radius 2 is 1.33 bits per heavy atom. The number of amides is 1. The number of ether oxygens (including phenoxy) is 1. The molecule has 0 aromatic carbocycles. The summed E-state index contributed by atoms with van der Waals surface area (Å²) in [5.41, 5.74) is 0. The third-order valence-electron chi connectivity index (χ3n) is 6.03. The maximum Gasteiger partial charge on any atom is 0.472 e. The van der Waals surface area contributed by atoms with Gasteiger partial charge in [0.2, 0.25) is 5.91 Å². The van der Waals surface area contributed by atoms with E-state index in [1.54, 1.807) is 0 Å². The van der Waals surface area contributed by atoms with Crippen molar-refractivity contribution in [1.82, 2.24) is 5.32 Å². The Balaban J connectivity index is 3.92. The first-order valence-electron chi connectivity index (χ1n) is 14.4. The minimum Gasteiger partial charge on any atom is -0.374 e. The molecule has 0 saturated carbocycles. The summed E-state index contributed by atoms with van der Waals surface area (Å²) in [6.07, 6.45) is 17.4. The molecule has 2 unspecified atom stereocenters. The molecule has 0 heterocycles. The smallest absolute Gasteiger partial charge is 0.374 e. The van der Waals surface area contributed by atoms with Crippen LogP contribution in [0.25, 0.3) is 0 Å². The summed E-state index contributed by atoms with van der Waals surface area (Å²) < 4.78 is 28.6. The van der Waals surface area contributed by atoms with Crippen LogP contribution >= 0.6 is 7.82 Å².